The minimum absolute atomic E-state index is 0.297. The molecule has 1 saturated carbocycles. The molecule has 2 atom stereocenters. The molecule has 0 bridgehead atoms. The van der Waals surface area contributed by atoms with Gasteiger partial charge >= 0.3 is 0 Å². The predicted molar refractivity (Wildman–Crippen MR) is 77.9 cm³/mol. The molecule has 106 valence electrons. The van der Waals surface area contributed by atoms with Crippen LogP contribution in [0.3, 0.4) is 0 Å². The van der Waals surface area contributed by atoms with Crippen molar-refractivity contribution in [3.8, 4) is 11.5 Å². The lowest BCUT2D eigenvalue weighted by Gasteiger charge is -2.24. The fourth-order valence-corrected chi connectivity index (χ4v) is 2.93. The Balaban J connectivity index is 2.41. The van der Waals surface area contributed by atoms with E-state index >= 15 is 0 Å². The van der Waals surface area contributed by atoms with Gasteiger partial charge in [-0.25, -0.2) is 0 Å². The first-order chi connectivity index (χ1) is 9.05. The van der Waals surface area contributed by atoms with Crippen LogP contribution in [0.2, 0.25) is 0 Å². The highest BCUT2D eigenvalue weighted by Crippen LogP contribution is 2.59. The zero-order valence-corrected chi connectivity index (χ0v) is 12.6. The quantitative estimate of drug-likeness (QED) is 0.853. The fraction of sp³-hybridized carbons (Fsp3) is 0.625. The summed E-state index contributed by atoms with van der Waals surface area (Å²) in [4.78, 5) is 0. The molecule has 3 nitrogen and oxygen atoms in total. The van der Waals surface area contributed by atoms with E-state index in [4.69, 9.17) is 9.47 Å². The van der Waals surface area contributed by atoms with Crippen molar-refractivity contribution in [2.24, 2.45) is 11.3 Å². The molecule has 1 aromatic rings. The highest BCUT2D eigenvalue weighted by molar-refractivity contribution is 5.48. The SMILES string of the molecule is CCNC(c1c(OC)cccc1OC)C1CC1(C)C. The lowest BCUT2D eigenvalue weighted by atomic mass is 9.95. The first-order valence-corrected chi connectivity index (χ1v) is 6.99. The molecule has 0 radical (unpaired) electrons. The Morgan fingerprint density at radius 3 is 2.16 bits per heavy atom. The van der Waals surface area contributed by atoms with Gasteiger partial charge in [-0.2, -0.15) is 0 Å². The maximum atomic E-state index is 5.54. The van der Waals surface area contributed by atoms with E-state index in [2.05, 4.69) is 26.1 Å². The normalized spacial score (nSPS) is 21.8. The van der Waals surface area contributed by atoms with E-state index in [0.717, 1.165) is 23.6 Å². The van der Waals surface area contributed by atoms with E-state index in [-0.39, 0.29) is 0 Å². The molecule has 3 heteroatoms. The highest BCUT2D eigenvalue weighted by Gasteiger charge is 2.51. The van der Waals surface area contributed by atoms with Crippen LogP contribution in [0.4, 0.5) is 0 Å². The smallest absolute Gasteiger partial charge is 0.127 e. The van der Waals surface area contributed by atoms with Crippen LogP contribution in [0.15, 0.2) is 18.2 Å². The van der Waals surface area contributed by atoms with Gasteiger partial charge in [-0.1, -0.05) is 26.8 Å². The maximum absolute atomic E-state index is 5.54. The van der Waals surface area contributed by atoms with E-state index in [1.165, 1.54) is 6.42 Å². The first-order valence-electron chi connectivity index (χ1n) is 6.99. The summed E-state index contributed by atoms with van der Waals surface area (Å²) in [6.07, 6.45) is 1.24. The molecule has 0 aliphatic heterocycles. The zero-order chi connectivity index (χ0) is 14.0. The molecule has 0 amide bonds. The highest BCUT2D eigenvalue weighted by atomic mass is 16.5. The largest absolute Gasteiger partial charge is 0.496 e. The van der Waals surface area contributed by atoms with E-state index in [1.54, 1.807) is 14.2 Å². The molecule has 0 spiro atoms. The van der Waals surface area contributed by atoms with Gasteiger partial charge in [0, 0.05) is 6.04 Å². The van der Waals surface area contributed by atoms with Crippen LogP contribution in [0.1, 0.15) is 38.8 Å². The van der Waals surface area contributed by atoms with Crippen LogP contribution < -0.4 is 14.8 Å². The Kier molecular flexibility index (Phi) is 4.04. The van der Waals surface area contributed by atoms with Crippen molar-refractivity contribution in [3.63, 3.8) is 0 Å². The van der Waals surface area contributed by atoms with Gasteiger partial charge in [0.2, 0.25) is 0 Å². The van der Waals surface area contributed by atoms with Gasteiger partial charge in [-0.05, 0) is 36.4 Å². The third-order valence-electron chi connectivity index (χ3n) is 4.19. The average molecular weight is 263 g/mol. The van der Waals surface area contributed by atoms with Gasteiger partial charge in [0.05, 0.1) is 19.8 Å². The Morgan fingerprint density at radius 2 is 1.79 bits per heavy atom. The molecule has 0 heterocycles. The molecule has 1 fully saturated rings. The third-order valence-corrected chi connectivity index (χ3v) is 4.19. The fourth-order valence-electron chi connectivity index (χ4n) is 2.93. The molecule has 19 heavy (non-hydrogen) atoms. The lowest BCUT2D eigenvalue weighted by molar-refractivity contribution is 0.351. The summed E-state index contributed by atoms with van der Waals surface area (Å²) in [5, 5.41) is 3.61. The summed E-state index contributed by atoms with van der Waals surface area (Å²) in [7, 11) is 3.44. The van der Waals surface area contributed by atoms with Crippen molar-refractivity contribution in [1.82, 2.24) is 5.32 Å². The number of hydrogen-bond acceptors (Lipinski definition) is 3. The molecular weight excluding hydrogens is 238 g/mol. The van der Waals surface area contributed by atoms with Crippen molar-refractivity contribution in [1.29, 1.82) is 0 Å². The molecule has 1 aliphatic carbocycles. The Hall–Kier alpha value is -1.22. The Morgan fingerprint density at radius 1 is 1.26 bits per heavy atom. The summed E-state index contributed by atoms with van der Waals surface area (Å²) >= 11 is 0. The molecule has 2 rings (SSSR count). The van der Waals surface area contributed by atoms with E-state index in [0.29, 0.717) is 17.4 Å². The molecule has 0 saturated heterocycles. The number of nitrogens with one attached hydrogen (secondary N) is 1. The topological polar surface area (TPSA) is 30.5 Å². The van der Waals surface area contributed by atoms with Crippen LogP contribution in [-0.2, 0) is 0 Å². The van der Waals surface area contributed by atoms with Gasteiger partial charge in [-0.15, -0.1) is 0 Å². The van der Waals surface area contributed by atoms with Crippen LogP contribution >= 0.6 is 0 Å². The van der Waals surface area contributed by atoms with Crippen LogP contribution in [0, 0.1) is 11.3 Å². The second kappa shape index (κ2) is 5.41. The standard InChI is InChI=1S/C16H25NO2/c1-6-17-15(11-10-16(11,2)3)14-12(18-4)8-7-9-13(14)19-5/h7-9,11,15,17H,6,10H2,1-5H3. The van der Waals surface area contributed by atoms with Gasteiger partial charge in [0.15, 0.2) is 0 Å². The monoisotopic (exact) mass is 263 g/mol. The van der Waals surface area contributed by atoms with Crippen molar-refractivity contribution in [3.05, 3.63) is 23.8 Å². The van der Waals surface area contributed by atoms with Gasteiger partial charge < -0.3 is 14.8 Å². The molecule has 1 N–H and O–H groups in total. The van der Waals surface area contributed by atoms with E-state index in [1.807, 2.05) is 18.2 Å². The van der Waals surface area contributed by atoms with Crippen LogP contribution in [0.5, 0.6) is 11.5 Å². The van der Waals surface area contributed by atoms with Crippen LogP contribution in [0.25, 0.3) is 0 Å². The lowest BCUT2D eigenvalue weighted by Crippen LogP contribution is -2.25. The number of rotatable bonds is 6. The number of hydrogen-bond donors (Lipinski definition) is 1. The van der Waals surface area contributed by atoms with Crippen molar-refractivity contribution >= 4 is 0 Å². The van der Waals surface area contributed by atoms with E-state index in [9.17, 15) is 0 Å². The summed E-state index contributed by atoms with van der Waals surface area (Å²) in [6, 6.07) is 6.29. The summed E-state index contributed by atoms with van der Waals surface area (Å²) in [5.41, 5.74) is 1.56. The first kappa shape index (κ1) is 14.2. The maximum Gasteiger partial charge on any atom is 0.127 e. The summed E-state index contributed by atoms with van der Waals surface area (Å²) < 4.78 is 11.1. The Bertz CT molecular complexity index is 420. The summed E-state index contributed by atoms with van der Waals surface area (Å²) in [6.45, 7) is 7.73. The van der Waals surface area contributed by atoms with Gasteiger partial charge in [-0.3, -0.25) is 0 Å². The number of benzene rings is 1. The predicted octanol–water partition coefficient (Wildman–Crippen LogP) is 3.40. The van der Waals surface area contributed by atoms with Crippen LogP contribution in [-0.4, -0.2) is 20.8 Å². The van der Waals surface area contributed by atoms with Crippen molar-refractivity contribution in [2.45, 2.75) is 33.2 Å². The molecule has 0 aromatic heterocycles. The summed E-state index contributed by atoms with van der Waals surface area (Å²) in [5.74, 6) is 2.46. The minimum atomic E-state index is 0.297. The molecule has 1 aliphatic rings. The third kappa shape index (κ3) is 2.71. The van der Waals surface area contributed by atoms with Crippen molar-refractivity contribution < 1.29 is 9.47 Å². The second-order valence-electron chi connectivity index (χ2n) is 5.91. The zero-order valence-electron chi connectivity index (χ0n) is 12.6. The van der Waals surface area contributed by atoms with Gasteiger partial charge in [0.25, 0.3) is 0 Å². The second-order valence-corrected chi connectivity index (χ2v) is 5.91. The molecule has 1 aromatic carbocycles. The van der Waals surface area contributed by atoms with Gasteiger partial charge in [0.1, 0.15) is 11.5 Å². The number of methoxy groups -OCH3 is 2. The van der Waals surface area contributed by atoms with Crippen molar-refractivity contribution in [2.75, 3.05) is 20.8 Å². The molecule has 2 unspecified atom stereocenters. The minimum Gasteiger partial charge on any atom is -0.496 e. The average Bonchev–Trinajstić information content (AvgIpc) is 3.03. The number of ether oxygens (including phenoxy) is 2. The van der Waals surface area contributed by atoms with E-state index < -0.39 is 0 Å². The Labute approximate surface area is 116 Å². The molecular formula is C16H25NO2.